The second-order valence-electron chi connectivity index (χ2n) is 5.39. The maximum Gasteiger partial charge on any atom is 0.221 e. The number of halogens is 2. The Morgan fingerprint density at radius 1 is 1.33 bits per heavy atom. The van der Waals surface area contributed by atoms with Crippen LogP contribution in [0.1, 0.15) is 18.1 Å². The third-order valence-corrected chi connectivity index (χ3v) is 3.73. The Labute approximate surface area is 143 Å². The number of anilines is 2. The molecular weight excluding hydrogens is 335 g/mol. The van der Waals surface area contributed by atoms with Gasteiger partial charge in [-0.3, -0.25) is 4.79 Å². The summed E-state index contributed by atoms with van der Waals surface area (Å²) in [7, 11) is 0. The van der Waals surface area contributed by atoms with Crippen molar-refractivity contribution in [2.75, 3.05) is 17.4 Å². The molecule has 1 aliphatic rings. The molecule has 1 aliphatic heterocycles. The fourth-order valence-electron chi connectivity index (χ4n) is 2.52. The van der Waals surface area contributed by atoms with E-state index in [9.17, 15) is 9.18 Å². The molecule has 24 heavy (non-hydrogen) atoms. The monoisotopic (exact) mass is 350 g/mol. The van der Waals surface area contributed by atoms with Gasteiger partial charge in [0.05, 0.1) is 12.3 Å². The van der Waals surface area contributed by atoms with Gasteiger partial charge in [0.2, 0.25) is 5.91 Å². The van der Waals surface area contributed by atoms with Gasteiger partial charge in [-0.1, -0.05) is 11.6 Å². The smallest absolute Gasteiger partial charge is 0.221 e. The molecule has 2 aromatic carbocycles. The van der Waals surface area contributed by atoms with Gasteiger partial charge in [0.1, 0.15) is 11.6 Å². The molecule has 0 aromatic heterocycles. The van der Waals surface area contributed by atoms with Crippen LogP contribution in [0.15, 0.2) is 30.3 Å². The largest absolute Gasteiger partial charge is 0.467 e. The number of fused-ring (bicyclic) bond motifs is 1. The standard InChI is InChI=1S/C17H16ClFN2O3/c1-10(22)21-14-2-3-15(19)16(6-14)20-7-11-4-13(18)5-12-8-23-9-24-17(11)12/h2-6,20H,7-9H2,1H3,(H,21,22). The van der Waals surface area contributed by atoms with Gasteiger partial charge in [0, 0.05) is 35.3 Å². The van der Waals surface area contributed by atoms with Crippen molar-refractivity contribution >= 4 is 28.9 Å². The van der Waals surface area contributed by atoms with Gasteiger partial charge in [0.15, 0.2) is 6.79 Å². The Hall–Kier alpha value is -2.31. The van der Waals surface area contributed by atoms with E-state index in [0.29, 0.717) is 29.6 Å². The minimum Gasteiger partial charge on any atom is -0.467 e. The van der Waals surface area contributed by atoms with Gasteiger partial charge in [-0.2, -0.15) is 0 Å². The van der Waals surface area contributed by atoms with E-state index in [0.717, 1.165) is 11.1 Å². The van der Waals surface area contributed by atoms with E-state index in [-0.39, 0.29) is 18.4 Å². The highest BCUT2D eigenvalue weighted by Crippen LogP contribution is 2.32. The predicted octanol–water partition coefficient (Wildman–Crippen LogP) is 3.92. The van der Waals surface area contributed by atoms with E-state index in [1.54, 1.807) is 12.1 Å². The van der Waals surface area contributed by atoms with E-state index in [1.807, 2.05) is 0 Å². The SMILES string of the molecule is CC(=O)Nc1ccc(F)c(NCc2cc(Cl)cc3c2OCOC3)c1. The van der Waals surface area contributed by atoms with Gasteiger partial charge in [-0.15, -0.1) is 0 Å². The van der Waals surface area contributed by atoms with E-state index in [4.69, 9.17) is 21.1 Å². The van der Waals surface area contributed by atoms with Crippen molar-refractivity contribution in [2.24, 2.45) is 0 Å². The Morgan fingerprint density at radius 2 is 2.17 bits per heavy atom. The van der Waals surface area contributed by atoms with E-state index in [2.05, 4.69) is 10.6 Å². The number of ether oxygens (including phenoxy) is 2. The average molecular weight is 351 g/mol. The Bertz CT molecular complexity index is 783. The minimum absolute atomic E-state index is 0.175. The van der Waals surface area contributed by atoms with Crippen molar-refractivity contribution in [1.29, 1.82) is 0 Å². The zero-order valence-electron chi connectivity index (χ0n) is 13.0. The van der Waals surface area contributed by atoms with E-state index in [1.165, 1.54) is 25.1 Å². The summed E-state index contributed by atoms with van der Waals surface area (Å²) in [6.45, 7) is 2.32. The van der Waals surface area contributed by atoms with Gasteiger partial charge in [-0.25, -0.2) is 4.39 Å². The van der Waals surface area contributed by atoms with Crippen LogP contribution in [0.2, 0.25) is 5.02 Å². The van der Waals surface area contributed by atoms with Crippen LogP contribution in [0.25, 0.3) is 0 Å². The third kappa shape index (κ3) is 3.77. The van der Waals surface area contributed by atoms with Crippen LogP contribution in [0, 0.1) is 5.82 Å². The van der Waals surface area contributed by atoms with Crippen molar-refractivity contribution in [3.05, 3.63) is 52.3 Å². The average Bonchev–Trinajstić information content (AvgIpc) is 2.54. The number of carbonyl (C=O) groups excluding carboxylic acids is 1. The number of carbonyl (C=O) groups is 1. The van der Waals surface area contributed by atoms with E-state index >= 15 is 0 Å². The van der Waals surface area contributed by atoms with Gasteiger partial charge >= 0.3 is 0 Å². The molecule has 5 nitrogen and oxygen atoms in total. The predicted molar refractivity (Wildman–Crippen MR) is 89.8 cm³/mol. The van der Waals surface area contributed by atoms with Crippen molar-refractivity contribution in [3.8, 4) is 5.75 Å². The van der Waals surface area contributed by atoms with Crippen molar-refractivity contribution in [2.45, 2.75) is 20.1 Å². The van der Waals surface area contributed by atoms with Crippen LogP contribution in [-0.4, -0.2) is 12.7 Å². The van der Waals surface area contributed by atoms with Crippen molar-refractivity contribution in [1.82, 2.24) is 0 Å². The first-order chi connectivity index (χ1) is 11.5. The van der Waals surface area contributed by atoms with Gasteiger partial charge < -0.3 is 20.1 Å². The molecule has 0 unspecified atom stereocenters. The lowest BCUT2D eigenvalue weighted by atomic mass is 10.1. The third-order valence-electron chi connectivity index (χ3n) is 3.51. The van der Waals surface area contributed by atoms with Gasteiger partial charge in [0.25, 0.3) is 0 Å². The van der Waals surface area contributed by atoms with Crippen LogP contribution < -0.4 is 15.4 Å². The lowest BCUT2D eigenvalue weighted by Crippen LogP contribution is -2.14. The number of hydrogen-bond donors (Lipinski definition) is 2. The molecule has 2 N–H and O–H groups in total. The molecule has 0 radical (unpaired) electrons. The molecule has 7 heteroatoms. The Balaban J connectivity index is 1.81. The highest BCUT2D eigenvalue weighted by molar-refractivity contribution is 6.30. The molecular formula is C17H16ClFN2O3. The molecule has 126 valence electrons. The van der Waals surface area contributed by atoms with Crippen LogP contribution in [0.3, 0.4) is 0 Å². The molecule has 0 fully saturated rings. The quantitative estimate of drug-likeness (QED) is 0.877. The molecule has 0 bridgehead atoms. The highest BCUT2D eigenvalue weighted by Gasteiger charge is 2.16. The molecule has 3 rings (SSSR count). The lowest BCUT2D eigenvalue weighted by Gasteiger charge is -2.21. The first kappa shape index (κ1) is 16.5. The van der Waals surface area contributed by atoms with Crippen LogP contribution in [0.4, 0.5) is 15.8 Å². The fraction of sp³-hybridized carbons (Fsp3) is 0.235. The first-order valence-corrected chi connectivity index (χ1v) is 7.73. The van der Waals surface area contributed by atoms with Crippen molar-refractivity contribution in [3.63, 3.8) is 0 Å². The number of amides is 1. The van der Waals surface area contributed by atoms with Crippen LogP contribution in [0.5, 0.6) is 5.75 Å². The summed E-state index contributed by atoms with van der Waals surface area (Å²) in [5.74, 6) is 0.0747. The summed E-state index contributed by atoms with van der Waals surface area (Å²) in [6, 6.07) is 7.90. The second kappa shape index (κ2) is 7.07. The maximum atomic E-state index is 14.0. The van der Waals surface area contributed by atoms with Crippen LogP contribution >= 0.6 is 11.6 Å². The van der Waals surface area contributed by atoms with Gasteiger partial charge in [-0.05, 0) is 30.3 Å². The number of nitrogens with one attached hydrogen (secondary N) is 2. The zero-order valence-corrected chi connectivity index (χ0v) is 13.7. The summed E-state index contributed by atoms with van der Waals surface area (Å²) < 4.78 is 24.7. The summed E-state index contributed by atoms with van der Waals surface area (Å²) >= 11 is 6.12. The number of rotatable bonds is 4. The molecule has 1 heterocycles. The first-order valence-electron chi connectivity index (χ1n) is 7.36. The summed E-state index contributed by atoms with van der Waals surface area (Å²) in [5.41, 5.74) is 2.47. The van der Waals surface area contributed by atoms with Crippen molar-refractivity contribution < 1.29 is 18.7 Å². The summed E-state index contributed by atoms with van der Waals surface area (Å²) in [6.07, 6.45) is 0. The number of benzene rings is 2. The molecule has 2 aromatic rings. The fourth-order valence-corrected chi connectivity index (χ4v) is 2.78. The highest BCUT2D eigenvalue weighted by atomic mass is 35.5. The summed E-state index contributed by atoms with van der Waals surface area (Å²) in [5, 5.41) is 6.20. The second-order valence-corrected chi connectivity index (χ2v) is 5.83. The van der Waals surface area contributed by atoms with Crippen LogP contribution in [-0.2, 0) is 22.7 Å². The number of hydrogen-bond acceptors (Lipinski definition) is 4. The molecule has 1 amide bonds. The molecule has 0 saturated heterocycles. The summed E-state index contributed by atoms with van der Waals surface area (Å²) in [4.78, 5) is 11.1. The molecule has 0 atom stereocenters. The van der Waals surface area contributed by atoms with E-state index < -0.39 is 5.82 Å². The molecule has 0 spiro atoms. The minimum atomic E-state index is -0.413. The molecule has 0 saturated carbocycles. The lowest BCUT2D eigenvalue weighted by molar-refractivity contribution is -0.114. The zero-order chi connectivity index (χ0) is 17.1. The Kier molecular flexibility index (Phi) is 4.87. The Morgan fingerprint density at radius 3 is 2.96 bits per heavy atom. The normalized spacial score (nSPS) is 13.0. The topological polar surface area (TPSA) is 59.6 Å². The maximum absolute atomic E-state index is 14.0. The molecule has 0 aliphatic carbocycles.